The lowest BCUT2D eigenvalue weighted by Gasteiger charge is -2.24. The number of allylic oxidation sites excluding steroid dienone is 1. The van der Waals surface area contributed by atoms with E-state index in [1.807, 2.05) is 30.3 Å². The molecule has 2 heterocycles. The predicted molar refractivity (Wildman–Crippen MR) is 120 cm³/mol. The van der Waals surface area contributed by atoms with Gasteiger partial charge in [-0.2, -0.15) is 0 Å². The molecule has 32 heavy (non-hydrogen) atoms. The summed E-state index contributed by atoms with van der Waals surface area (Å²) in [5, 5.41) is 11.3. The Kier molecular flexibility index (Phi) is 5.83. The Balaban J connectivity index is 1.98. The number of thiazole rings is 1. The zero-order valence-electron chi connectivity index (χ0n) is 17.3. The average Bonchev–Trinajstić information content (AvgIpc) is 3.08. The normalized spacial score (nSPS) is 15.8. The number of esters is 1. The summed E-state index contributed by atoms with van der Waals surface area (Å²) in [7, 11) is 0. The smallest absolute Gasteiger partial charge is 0.338 e. The van der Waals surface area contributed by atoms with Crippen molar-refractivity contribution in [3.05, 3.63) is 107 Å². The Labute approximate surface area is 186 Å². The molecule has 0 saturated heterocycles. The second-order valence-corrected chi connectivity index (χ2v) is 8.07. The monoisotopic (exact) mass is 449 g/mol. The van der Waals surface area contributed by atoms with Crippen molar-refractivity contribution in [2.45, 2.75) is 19.9 Å². The van der Waals surface area contributed by atoms with Crippen LogP contribution in [0.4, 0.5) is 5.69 Å². The molecule has 4 rings (SSSR count). The van der Waals surface area contributed by atoms with Crippen molar-refractivity contribution in [3.63, 3.8) is 0 Å². The molecule has 8 nitrogen and oxygen atoms in total. The Morgan fingerprint density at radius 1 is 1.25 bits per heavy atom. The van der Waals surface area contributed by atoms with Gasteiger partial charge in [0.15, 0.2) is 4.80 Å². The molecule has 0 saturated carbocycles. The van der Waals surface area contributed by atoms with Gasteiger partial charge < -0.3 is 4.74 Å². The molecule has 1 aromatic heterocycles. The van der Waals surface area contributed by atoms with E-state index in [1.165, 1.54) is 34.1 Å². The van der Waals surface area contributed by atoms with E-state index in [1.54, 1.807) is 26.0 Å². The van der Waals surface area contributed by atoms with Crippen LogP contribution in [0.5, 0.6) is 0 Å². The number of nitro groups is 1. The molecule has 2 aromatic carbocycles. The summed E-state index contributed by atoms with van der Waals surface area (Å²) in [6.07, 6.45) is 1.76. The first-order valence-electron chi connectivity index (χ1n) is 9.89. The molecule has 0 spiro atoms. The number of fused-ring (bicyclic) bond motifs is 1. The van der Waals surface area contributed by atoms with E-state index in [-0.39, 0.29) is 23.4 Å². The second kappa shape index (κ2) is 8.72. The first-order valence-corrected chi connectivity index (χ1v) is 10.7. The third kappa shape index (κ3) is 3.90. The fraction of sp³-hybridized carbons (Fsp3) is 0.174. The van der Waals surface area contributed by atoms with Gasteiger partial charge in [-0.05, 0) is 31.1 Å². The average molecular weight is 449 g/mol. The number of non-ortho nitro benzene ring substituents is 1. The van der Waals surface area contributed by atoms with Crippen molar-refractivity contribution in [1.29, 1.82) is 0 Å². The second-order valence-electron chi connectivity index (χ2n) is 7.07. The lowest BCUT2D eigenvalue weighted by molar-refractivity contribution is -0.384. The number of aromatic nitrogens is 1. The van der Waals surface area contributed by atoms with Crippen molar-refractivity contribution >= 4 is 29.1 Å². The number of rotatable bonds is 5. The third-order valence-electron chi connectivity index (χ3n) is 5.01. The lowest BCUT2D eigenvalue weighted by Crippen LogP contribution is -2.39. The predicted octanol–water partition coefficient (Wildman–Crippen LogP) is 2.71. The Morgan fingerprint density at radius 2 is 2.00 bits per heavy atom. The molecule has 1 aliphatic heterocycles. The van der Waals surface area contributed by atoms with Gasteiger partial charge in [-0.1, -0.05) is 53.8 Å². The van der Waals surface area contributed by atoms with Crippen LogP contribution in [0.15, 0.2) is 75.7 Å². The molecule has 1 aliphatic rings. The fourth-order valence-corrected chi connectivity index (χ4v) is 4.66. The van der Waals surface area contributed by atoms with Gasteiger partial charge in [0, 0.05) is 12.1 Å². The highest BCUT2D eigenvalue weighted by Gasteiger charge is 2.34. The van der Waals surface area contributed by atoms with Crippen LogP contribution in [0.3, 0.4) is 0 Å². The summed E-state index contributed by atoms with van der Waals surface area (Å²) in [5.74, 6) is -0.609. The number of hydrogen-bond donors (Lipinski definition) is 0. The summed E-state index contributed by atoms with van der Waals surface area (Å²) in [4.78, 5) is 42.0. The van der Waals surface area contributed by atoms with Crippen LogP contribution in [-0.2, 0) is 9.53 Å². The van der Waals surface area contributed by atoms with Crippen LogP contribution < -0.4 is 14.9 Å². The summed E-state index contributed by atoms with van der Waals surface area (Å²) < 4.78 is 7.09. The lowest BCUT2D eigenvalue weighted by atomic mass is 9.95. The summed E-state index contributed by atoms with van der Waals surface area (Å²) in [6.45, 7) is 3.51. The van der Waals surface area contributed by atoms with E-state index < -0.39 is 16.9 Å². The van der Waals surface area contributed by atoms with E-state index in [2.05, 4.69) is 4.99 Å². The van der Waals surface area contributed by atoms with Crippen LogP contribution in [0.1, 0.15) is 31.0 Å². The van der Waals surface area contributed by atoms with Crippen LogP contribution in [0.25, 0.3) is 6.08 Å². The largest absolute Gasteiger partial charge is 0.463 e. The van der Waals surface area contributed by atoms with Crippen molar-refractivity contribution in [1.82, 2.24) is 4.57 Å². The number of carbonyl (C=O) groups excluding carboxylic acids is 1. The Hall–Kier alpha value is -3.85. The molecule has 9 heteroatoms. The summed E-state index contributed by atoms with van der Waals surface area (Å²) >= 11 is 1.20. The quantitative estimate of drug-likeness (QED) is 0.338. The molecule has 0 aliphatic carbocycles. The Morgan fingerprint density at radius 3 is 2.69 bits per heavy atom. The van der Waals surface area contributed by atoms with Crippen molar-refractivity contribution in [2.75, 3.05) is 6.61 Å². The van der Waals surface area contributed by atoms with Crippen LogP contribution >= 0.6 is 11.3 Å². The maximum absolute atomic E-state index is 13.4. The SMILES string of the molecule is CCOC(=O)C1=C(C)N=c2s/c(=C/c3ccccc3)c(=O)n2[C@H]1c1cccc([N+](=O)[O-])c1. The number of nitrogens with zero attached hydrogens (tertiary/aromatic N) is 3. The first kappa shape index (κ1) is 21.4. The number of hydrogen-bond acceptors (Lipinski definition) is 7. The van der Waals surface area contributed by atoms with E-state index in [9.17, 15) is 19.7 Å². The van der Waals surface area contributed by atoms with Gasteiger partial charge in [0.1, 0.15) is 0 Å². The van der Waals surface area contributed by atoms with Gasteiger partial charge in [-0.15, -0.1) is 0 Å². The molecule has 0 N–H and O–H groups in total. The molecule has 0 amide bonds. The number of carbonyl (C=O) groups is 1. The van der Waals surface area contributed by atoms with Crippen LogP contribution in [-0.4, -0.2) is 22.1 Å². The molecule has 0 bridgehead atoms. The zero-order chi connectivity index (χ0) is 22.8. The maximum Gasteiger partial charge on any atom is 0.338 e. The van der Waals surface area contributed by atoms with Crippen molar-refractivity contribution in [2.24, 2.45) is 4.99 Å². The van der Waals surface area contributed by atoms with Gasteiger partial charge in [0.05, 0.1) is 33.4 Å². The number of benzene rings is 2. The summed E-state index contributed by atoms with van der Waals surface area (Å²) in [5.41, 5.74) is 1.42. The standard InChI is InChI=1S/C23H19N3O5S/c1-3-31-22(28)19-14(2)24-23-25(20(19)16-10-7-11-17(13-16)26(29)30)21(27)18(32-23)12-15-8-5-4-6-9-15/h4-13,20H,3H2,1-2H3/b18-12+/t20-/m0/s1. The minimum atomic E-state index is -0.886. The van der Waals surface area contributed by atoms with Crippen molar-refractivity contribution < 1.29 is 14.5 Å². The zero-order valence-corrected chi connectivity index (χ0v) is 18.2. The molecule has 3 aromatic rings. The molecule has 1 atom stereocenters. The van der Waals surface area contributed by atoms with Gasteiger partial charge in [-0.25, -0.2) is 9.79 Å². The molecule has 0 radical (unpaired) electrons. The van der Waals surface area contributed by atoms with E-state index in [4.69, 9.17) is 4.74 Å². The Bertz CT molecular complexity index is 1420. The van der Waals surface area contributed by atoms with Gasteiger partial charge in [-0.3, -0.25) is 19.5 Å². The molecule has 0 unspecified atom stereocenters. The highest BCUT2D eigenvalue weighted by Crippen LogP contribution is 2.32. The van der Waals surface area contributed by atoms with Gasteiger partial charge >= 0.3 is 5.97 Å². The minimum absolute atomic E-state index is 0.133. The van der Waals surface area contributed by atoms with Crippen LogP contribution in [0, 0.1) is 10.1 Å². The molecular weight excluding hydrogens is 430 g/mol. The van der Waals surface area contributed by atoms with Gasteiger partial charge in [0.2, 0.25) is 0 Å². The van der Waals surface area contributed by atoms with E-state index >= 15 is 0 Å². The summed E-state index contributed by atoms with van der Waals surface area (Å²) in [6, 6.07) is 14.4. The highest BCUT2D eigenvalue weighted by atomic mass is 32.1. The maximum atomic E-state index is 13.4. The molecular formula is C23H19N3O5S. The number of ether oxygens (including phenoxy) is 1. The topological polar surface area (TPSA) is 104 Å². The third-order valence-corrected chi connectivity index (χ3v) is 5.99. The first-order chi connectivity index (χ1) is 15.4. The van der Waals surface area contributed by atoms with E-state index in [0.29, 0.717) is 20.6 Å². The molecule has 162 valence electrons. The minimum Gasteiger partial charge on any atom is -0.463 e. The number of nitro benzene ring substituents is 1. The van der Waals surface area contributed by atoms with E-state index in [0.717, 1.165) is 5.56 Å². The fourth-order valence-electron chi connectivity index (χ4n) is 3.62. The van der Waals surface area contributed by atoms with Crippen LogP contribution in [0.2, 0.25) is 0 Å². The highest BCUT2D eigenvalue weighted by molar-refractivity contribution is 7.07. The molecule has 0 fully saturated rings. The van der Waals surface area contributed by atoms with Gasteiger partial charge in [0.25, 0.3) is 11.2 Å². The van der Waals surface area contributed by atoms with Crippen molar-refractivity contribution in [3.8, 4) is 0 Å².